The van der Waals surface area contributed by atoms with Gasteiger partial charge in [0.1, 0.15) is 11.5 Å². The van der Waals surface area contributed by atoms with Crippen LogP contribution in [0.25, 0.3) is 0 Å². The van der Waals surface area contributed by atoms with E-state index in [2.05, 4.69) is 41.5 Å². The van der Waals surface area contributed by atoms with E-state index in [0.29, 0.717) is 23.0 Å². The van der Waals surface area contributed by atoms with E-state index in [1.807, 2.05) is 12.1 Å². The van der Waals surface area contributed by atoms with E-state index >= 15 is 0 Å². The van der Waals surface area contributed by atoms with Crippen LogP contribution in [-0.2, 0) is 10.2 Å². The average molecular weight is 437 g/mol. The molecule has 3 rings (SSSR count). The molecule has 2 aromatic carbocycles. The summed E-state index contributed by atoms with van der Waals surface area (Å²) in [6, 6.07) is 14.1. The molecule has 0 bridgehead atoms. The Kier molecular flexibility index (Phi) is 7.12. The first kappa shape index (κ1) is 24.0. The Hall–Kier alpha value is -2.62. The highest BCUT2D eigenvalue weighted by atomic mass is 16.5. The third-order valence-corrected chi connectivity index (χ3v) is 6.52. The maximum atomic E-state index is 12.6. The summed E-state index contributed by atoms with van der Waals surface area (Å²) in [6.45, 7) is 13.2. The fourth-order valence-electron chi connectivity index (χ4n) is 4.24. The van der Waals surface area contributed by atoms with E-state index in [4.69, 9.17) is 9.47 Å². The van der Waals surface area contributed by atoms with Crippen molar-refractivity contribution in [1.29, 1.82) is 0 Å². The van der Waals surface area contributed by atoms with Gasteiger partial charge in [-0.15, -0.1) is 0 Å². The molecule has 0 amide bonds. The molecule has 172 valence electrons. The molecule has 0 aliphatic heterocycles. The van der Waals surface area contributed by atoms with Crippen molar-refractivity contribution in [3.8, 4) is 11.5 Å². The highest BCUT2D eigenvalue weighted by Crippen LogP contribution is 2.40. The first-order valence-corrected chi connectivity index (χ1v) is 11.6. The number of rotatable bonds is 4. The van der Waals surface area contributed by atoms with Crippen LogP contribution in [0.2, 0.25) is 0 Å². The summed E-state index contributed by atoms with van der Waals surface area (Å²) in [5, 5.41) is 0. The Labute approximate surface area is 192 Å². The molecule has 1 fully saturated rings. The highest BCUT2D eigenvalue weighted by Gasteiger charge is 2.33. The van der Waals surface area contributed by atoms with Gasteiger partial charge in [0.25, 0.3) is 0 Å². The van der Waals surface area contributed by atoms with Gasteiger partial charge < -0.3 is 9.47 Å². The van der Waals surface area contributed by atoms with Gasteiger partial charge in [0, 0.05) is 0 Å². The number of carbonyl (C=O) groups is 2. The number of carbonyl (C=O) groups excluding carboxylic acids is 2. The molecule has 1 aliphatic rings. The summed E-state index contributed by atoms with van der Waals surface area (Å²) < 4.78 is 11.1. The lowest BCUT2D eigenvalue weighted by molar-refractivity contribution is -0.140. The largest absolute Gasteiger partial charge is 0.426 e. The van der Waals surface area contributed by atoms with Crippen LogP contribution in [0.5, 0.6) is 11.5 Å². The van der Waals surface area contributed by atoms with Crippen molar-refractivity contribution >= 4 is 11.9 Å². The monoisotopic (exact) mass is 436 g/mol. The third kappa shape index (κ3) is 6.21. The molecule has 0 saturated heterocycles. The normalized spacial score (nSPS) is 19.3. The Morgan fingerprint density at radius 1 is 0.719 bits per heavy atom. The maximum absolute atomic E-state index is 12.6. The van der Waals surface area contributed by atoms with Crippen molar-refractivity contribution in [2.75, 3.05) is 0 Å². The molecular weight excluding hydrogens is 400 g/mol. The standard InChI is InChI=1S/C28H36O4/c1-27(2,3)21-11-7-19(8-12-21)25(29)31-23-15-17-24(18-16-23)32-26(30)20-9-13-22(14-10-20)28(4,5)6/h7-8,11-12,15-18,20,22H,9-10,13-14H2,1-6H3. The number of esters is 2. The van der Waals surface area contributed by atoms with Crippen LogP contribution in [0.4, 0.5) is 0 Å². The number of ether oxygens (including phenoxy) is 2. The van der Waals surface area contributed by atoms with E-state index in [9.17, 15) is 9.59 Å². The van der Waals surface area contributed by atoms with Crippen LogP contribution in [0, 0.1) is 17.3 Å². The van der Waals surface area contributed by atoms with Crippen molar-refractivity contribution in [2.24, 2.45) is 17.3 Å². The first-order chi connectivity index (χ1) is 14.9. The summed E-state index contributed by atoms with van der Waals surface area (Å²) in [5.74, 6) is 0.932. The van der Waals surface area contributed by atoms with E-state index in [-0.39, 0.29) is 22.7 Å². The molecule has 0 spiro atoms. The van der Waals surface area contributed by atoms with Crippen molar-refractivity contribution in [3.05, 3.63) is 59.7 Å². The summed E-state index contributed by atoms with van der Waals surface area (Å²) in [6.07, 6.45) is 3.89. The Morgan fingerprint density at radius 2 is 1.22 bits per heavy atom. The van der Waals surface area contributed by atoms with Gasteiger partial charge in [-0.2, -0.15) is 0 Å². The second-order valence-corrected chi connectivity index (χ2v) is 11.0. The smallest absolute Gasteiger partial charge is 0.343 e. The van der Waals surface area contributed by atoms with Gasteiger partial charge in [0.2, 0.25) is 0 Å². The van der Waals surface area contributed by atoms with Crippen LogP contribution in [0.15, 0.2) is 48.5 Å². The van der Waals surface area contributed by atoms with E-state index in [1.54, 1.807) is 36.4 Å². The average Bonchev–Trinajstić information content (AvgIpc) is 2.74. The van der Waals surface area contributed by atoms with Gasteiger partial charge >= 0.3 is 11.9 Å². The van der Waals surface area contributed by atoms with E-state index in [1.165, 1.54) is 0 Å². The SMILES string of the molecule is CC(C)(C)c1ccc(C(=O)Oc2ccc(OC(=O)C3CCC(C(C)(C)C)CC3)cc2)cc1. The molecule has 0 atom stereocenters. The minimum Gasteiger partial charge on any atom is -0.426 e. The summed E-state index contributed by atoms with van der Waals surface area (Å²) in [4.78, 5) is 25.0. The van der Waals surface area contributed by atoms with Crippen molar-refractivity contribution < 1.29 is 19.1 Å². The van der Waals surface area contributed by atoms with Crippen LogP contribution in [-0.4, -0.2) is 11.9 Å². The number of benzene rings is 2. The Bertz CT molecular complexity index is 919. The second-order valence-electron chi connectivity index (χ2n) is 11.0. The lowest BCUT2D eigenvalue weighted by Gasteiger charge is -2.36. The second kappa shape index (κ2) is 9.48. The minimum absolute atomic E-state index is 0.0294. The molecule has 2 aromatic rings. The van der Waals surface area contributed by atoms with Crippen LogP contribution in [0.1, 0.15) is 83.1 Å². The molecule has 0 radical (unpaired) electrons. The molecular formula is C28H36O4. The Balaban J connectivity index is 1.53. The molecule has 4 nitrogen and oxygen atoms in total. The van der Waals surface area contributed by atoms with Gasteiger partial charge in [-0.25, -0.2) is 4.79 Å². The van der Waals surface area contributed by atoms with Gasteiger partial charge in [-0.3, -0.25) is 4.79 Å². The molecule has 1 saturated carbocycles. The zero-order chi connectivity index (χ0) is 23.5. The molecule has 0 heterocycles. The lowest BCUT2D eigenvalue weighted by atomic mass is 9.70. The van der Waals surface area contributed by atoms with Gasteiger partial charge in [-0.1, -0.05) is 53.7 Å². The number of hydrogen-bond acceptors (Lipinski definition) is 4. The minimum atomic E-state index is -0.411. The zero-order valence-electron chi connectivity index (χ0n) is 20.2. The van der Waals surface area contributed by atoms with Crippen LogP contribution >= 0.6 is 0 Å². The summed E-state index contributed by atoms with van der Waals surface area (Å²) in [5.41, 5.74) is 1.98. The maximum Gasteiger partial charge on any atom is 0.343 e. The van der Waals surface area contributed by atoms with Gasteiger partial charge in [0.05, 0.1) is 11.5 Å². The van der Waals surface area contributed by atoms with E-state index < -0.39 is 5.97 Å². The van der Waals surface area contributed by atoms with Crippen LogP contribution in [0.3, 0.4) is 0 Å². The quantitative estimate of drug-likeness (QED) is 0.384. The molecule has 32 heavy (non-hydrogen) atoms. The first-order valence-electron chi connectivity index (χ1n) is 11.6. The molecule has 0 unspecified atom stereocenters. The fourth-order valence-corrected chi connectivity index (χ4v) is 4.24. The zero-order valence-corrected chi connectivity index (χ0v) is 20.2. The fraction of sp³-hybridized carbons (Fsp3) is 0.500. The third-order valence-electron chi connectivity index (χ3n) is 6.52. The van der Waals surface area contributed by atoms with E-state index in [0.717, 1.165) is 31.2 Å². The predicted octanol–water partition coefficient (Wildman–Crippen LogP) is 6.96. The lowest BCUT2D eigenvalue weighted by Crippen LogP contribution is -2.30. The molecule has 4 heteroatoms. The predicted molar refractivity (Wildman–Crippen MR) is 127 cm³/mol. The van der Waals surface area contributed by atoms with Crippen molar-refractivity contribution in [1.82, 2.24) is 0 Å². The summed E-state index contributed by atoms with van der Waals surface area (Å²) >= 11 is 0. The van der Waals surface area contributed by atoms with Gasteiger partial charge in [0.15, 0.2) is 0 Å². The van der Waals surface area contributed by atoms with Crippen molar-refractivity contribution in [3.63, 3.8) is 0 Å². The topological polar surface area (TPSA) is 52.6 Å². The summed E-state index contributed by atoms with van der Waals surface area (Å²) in [7, 11) is 0. The number of hydrogen-bond donors (Lipinski definition) is 0. The van der Waals surface area contributed by atoms with Gasteiger partial charge in [-0.05, 0) is 84.4 Å². The van der Waals surface area contributed by atoms with Crippen molar-refractivity contribution in [2.45, 2.75) is 72.6 Å². The molecule has 1 aliphatic carbocycles. The highest BCUT2D eigenvalue weighted by molar-refractivity contribution is 5.91. The molecule has 0 aromatic heterocycles. The Morgan fingerprint density at radius 3 is 1.69 bits per heavy atom. The molecule has 0 N–H and O–H groups in total. The van der Waals surface area contributed by atoms with Crippen LogP contribution < -0.4 is 9.47 Å².